The first-order valence-electron chi connectivity index (χ1n) is 10.1. The standard InChI is InChI=1S/C21H22F3N5O3/c1-31-16-4-3-13(11-17(16)32-2)12-18(30)28-9-6-14(7-10-28)15-5-8-25-20-26-19(21(22,23)24)27-29(15)20/h3-5,8,11,14H,6-7,9-10,12H2,1-2H3. The van der Waals surface area contributed by atoms with Gasteiger partial charge in [0.1, 0.15) is 0 Å². The number of fused-ring (bicyclic) bond motifs is 1. The van der Waals surface area contributed by atoms with Crippen LogP contribution in [0.4, 0.5) is 13.2 Å². The molecule has 4 rings (SSSR count). The molecule has 0 bridgehead atoms. The van der Waals surface area contributed by atoms with Gasteiger partial charge in [0, 0.05) is 25.2 Å². The van der Waals surface area contributed by atoms with Gasteiger partial charge in [-0.1, -0.05) is 6.07 Å². The zero-order valence-electron chi connectivity index (χ0n) is 17.6. The van der Waals surface area contributed by atoms with E-state index in [0.717, 1.165) is 10.1 Å². The van der Waals surface area contributed by atoms with E-state index in [1.165, 1.54) is 13.3 Å². The molecular weight excluding hydrogens is 427 g/mol. The third-order valence-corrected chi connectivity index (χ3v) is 5.59. The highest BCUT2D eigenvalue weighted by atomic mass is 19.4. The van der Waals surface area contributed by atoms with Gasteiger partial charge in [-0.15, -0.1) is 5.10 Å². The van der Waals surface area contributed by atoms with Crippen molar-refractivity contribution in [2.75, 3.05) is 27.3 Å². The Kier molecular flexibility index (Phi) is 5.90. The van der Waals surface area contributed by atoms with Crippen LogP contribution in [0.2, 0.25) is 0 Å². The Bertz CT molecular complexity index is 1120. The molecule has 3 aromatic rings. The lowest BCUT2D eigenvalue weighted by Gasteiger charge is -2.32. The average Bonchev–Trinajstić information content (AvgIpc) is 3.24. The van der Waals surface area contributed by atoms with E-state index in [9.17, 15) is 18.0 Å². The molecule has 3 heterocycles. The Morgan fingerprint density at radius 2 is 1.84 bits per heavy atom. The minimum atomic E-state index is -4.63. The van der Waals surface area contributed by atoms with Gasteiger partial charge in [0.25, 0.3) is 11.6 Å². The van der Waals surface area contributed by atoms with Gasteiger partial charge in [0.05, 0.1) is 26.3 Å². The Hall–Kier alpha value is -3.37. The number of hydrogen-bond acceptors (Lipinski definition) is 6. The third-order valence-electron chi connectivity index (χ3n) is 5.59. The molecule has 1 fully saturated rings. The van der Waals surface area contributed by atoms with Crippen LogP contribution in [0.1, 0.15) is 35.8 Å². The van der Waals surface area contributed by atoms with Crippen LogP contribution in [0, 0.1) is 0 Å². The lowest BCUT2D eigenvalue weighted by molar-refractivity contribution is -0.144. The summed E-state index contributed by atoms with van der Waals surface area (Å²) in [6, 6.07) is 7.02. The minimum Gasteiger partial charge on any atom is -0.493 e. The summed E-state index contributed by atoms with van der Waals surface area (Å²) < 4.78 is 50.6. The number of benzene rings is 1. The molecule has 0 aliphatic carbocycles. The number of amides is 1. The van der Waals surface area contributed by atoms with Crippen LogP contribution < -0.4 is 9.47 Å². The van der Waals surface area contributed by atoms with Gasteiger partial charge in [0.15, 0.2) is 11.5 Å². The molecule has 32 heavy (non-hydrogen) atoms. The van der Waals surface area contributed by atoms with E-state index in [0.29, 0.717) is 43.1 Å². The molecule has 0 saturated carbocycles. The van der Waals surface area contributed by atoms with E-state index in [4.69, 9.17) is 9.47 Å². The maximum Gasteiger partial charge on any atom is 0.453 e. The van der Waals surface area contributed by atoms with Crippen LogP contribution in [0.15, 0.2) is 30.5 Å². The van der Waals surface area contributed by atoms with Gasteiger partial charge < -0.3 is 14.4 Å². The number of likely N-dealkylation sites (tertiary alicyclic amines) is 1. The molecule has 2 aromatic heterocycles. The first-order valence-corrected chi connectivity index (χ1v) is 10.1. The van der Waals surface area contributed by atoms with Gasteiger partial charge >= 0.3 is 6.18 Å². The number of rotatable bonds is 5. The van der Waals surface area contributed by atoms with Crippen LogP contribution in [0.3, 0.4) is 0 Å². The fraction of sp³-hybridized carbons (Fsp3) is 0.429. The molecular formula is C21H22F3N5O3. The van der Waals surface area contributed by atoms with Crippen LogP contribution in [-0.4, -0.2) is 57.7 Å². The Morgan fingerprint density at radius 3 is 2.50 bits per heavy atom. The van der Waals surface area contributed by atoms with E-state index in [1.54, 1.807) is 30.2 Å². The zero-order valence-corrected chi connectivity index (χ0v) is 17.6. The summed E-state index contributed by atoms with van der Waals surface area (Å²) in [7, 11) is 3.09. The van der Waals surface area contributed by atoms with E-state index >= 15 is 0 Å². The fourth-order valence-corrected chi connectivity index (χ4v) is 3.94. The van der Waals surface area contributed by atoms with Crippen LogP contribution in [0.5, 0.6) is 11.5 Å². The van der Waals surface area contributed by atoms with Crippen molar-refractivity contribution in [3.8, 4) is 11.5 Å². The Balaban J connectivity index is 1.43. The van der Waals surface area contributed by atoms with Gasteiger partial charge in [-0.05, 0) is 36.6 Å². The van der Waals surface area contributed by atoms with Crippen molar-refractivity contribution < 1.29 is 27.4 Å². The predicted molar refractivity (Wildman–Crippen MR) is 108 cm³/mol. The third kappa shape index (κ3) is 4.32. The summed E-state index contributed by atoms with van der Waals surface area (Å²) >= 11 is 0. The van der Waals surface area contributed by atoms with Gasteiger partial charge in [0.2, 0.25) is 5.91 Å². The smallest absolute Gasteiger partial charge is 0.453 e. The number of carbonyl (C=O) groups excluding carboxylic acids is 1. The summed E-state index contributed by atoms with van der Waals surface area (Å²) in [5.74, 6) is -0.204. The number of halogens is 3. The lowest BCUT2D eigenvalue weighted by atomic mass is 9.93. The quantitative estimate of drug-likeness (QED) is 0.596. The molecule has 8 nitrogen and oxygen atoms in total. The number of piperidine rings is 1. The molecule has 170 valence electrons. The monoisotopic (exact) mass is 449 g/mol. The minimum absolute atomic E-state index is 0.0179. The zero-order chi connectivity index (χ0) is 22.9. The summed E-state index contributed by atoms with van der Waals surface area (Å²) in [6.45, 7) is 1.00. The molecule has 1 aliphatic heterocycles. The Labute approximate surface area is 182 Å². The number of alkyl halides is 3. The van der Waals surface area contributed by atoms with E-state index in [2.05, 4.69) is 15.1 Å². The highest BCUT2D eigenvalue weighted by Crippen LogP contribution is 2.31. The molecule has 11 heteroatoms. The number of methoxy groups -OCH3 is 2. The number of hydrogen-bond donors (Lipinski definition) is 0. The molecule has 1 aliphatic rings. The lowest BCUT2D eigenvalue weighted by Crippen LogP contribution is -2.39. The fourth-order valence-electron chi connectivity index (χ4n) is 3.94. The first-order chi connectivity index (χ1) is 15.3. The number of nitrogens with zero attached hydrogens (tertiary/aromatic N) is 5. The number of carbonyl (C=O) groups is 1. The van der Waals surface area contributed by atoms with E-state index < -0.39 is 12.0 Å². The van der Waals surface area contributed by atoms with Gasteiger partial charge in [-0.25, -0.2) is 9.50 Å². The summed E-state index contributed by atoms with van der Waals surface area (Å²) in [6.07, 6.45) is -1.75. The van der Waals surface area contributed by atoms with Crippen molar-refractivity contribution in [2.24, 2.45) is 0 Å². The molecule has 0 atom stereocenters. The van der Waals surface area contributed by atoms with Crippen molar-refractivity contribution in [1.82, 2.24) is 24.5 Å². The second-order valence-corrected chi connectivity index (χ2v) is 7.54. The summed E-state index contributed by atoms with van der Waals surface area (Å²) in [5.41, 5.74) is 1.43. The van der Waals surface area contributed by atoms with Gasteiger partial charge in [-0.3, -0.25) is 4.79 Å². The maximum absolute atomic E-state index is 13.0. The maximum atomic E-state index is 13.0. The van der Waals surface area contributed by atoms with Crippen molar-refractivity contribution in [3.63, 3.8) is 0 Å². The number of ether oxygens (including phenoxy) is 2. The highest BCUT2D eigenvalue weighted by molar-refractivity contribution is 5.79. The SMILES string of the molecule is COc1ccc(CC(=O)N2CCC(c3ccnc4nc(C(F)(F)F)nn34)CC2)cc1OC. The summed E-state index contributed by atoms with van der Waals surface area (Å²) in [5, 5.41) is 3.61. The topological polar surface area (TPSA) is 81.9 Å². The molecule has 0 spiro atoms. The molecule has 0 unspecified atom stereocenters. The first kappa shape index (κ1) is 21.8. The van der Waals surface area contributed by atoms with Crippen LogP contribution in [-0.2, 0) is 17.4 Å². The average molecular weight is 449 g/mol. The van der Waals surface area contributed by atoms with Crippen molar-refractivity contribution in [2.45, 2.75) is 31.4 Å². The van der Waals surface area contributed by atoms with Crippen molar-refractivity contribution >= 4 is 11.7 Å². The molecule has 0 radical (unpaired) electrons. The number of aromatic nitrogens is 4. The predicted octanol–water partition coefficient (Wildman–Crippen LogP) is 3.11. The van der Waals surface area contributed by atoms with Gasteiger partial charge in [-0.2, -0.15) is 18.2 Å². The van der Waals surface area contributed by atoms with E-state index in [1.807, 2.05) is 6.07 Å². The highest BCUT2D eigenvalue weighted by Gasteiger charge is 2.37. The molecule has 1 aromatic carbocycles. The molecule has 1 amide bonds. The normalized spacial score (nSPS) is 15.2. The second-order valence-electron chi connectivity index (χ2n) is 7.54. The van der Waals surface area contributed by atoms with Crippen LogP contribution >= 0.6 is 0 Å². The Morgan fingerprint density at radius 1 is 1.12 bits per heavy atom. The molecule has 0 N–H and O–H groups in total. The van der Waals surface area contributed by atoms with Crippen LogP contribution in [0.25, 0.3) is 5.78 Å². The van der Waals surface area contributed by atoms with Crippen molar-refractivity contribution in [1.29, 1.82) is 0 Å². The van der Waals surface area contributed by atoms with Crippen molar-refractivity contribution in [3.05, 3.63) is 47.5 Å². The largest absolute Gasteiger partial charge is 0.493 e. The second kappa shape index (κ2) is 8.64. The summed E-state index contributed by atoms with van der Waals surface area (Å²) in [4.78, 5) is 21.9. The molecule has 1 saturated heterocycles. The van der Waals surface area contributed by atoms with E-state index in [-0.39, 0.29) is 24.0 Å².